The summed E-state index contributed by atoms with van der Waals surface area (Å²) in [7, 11) is 0. The highest BCUT2D eigenvalue weighted by molar-refractivity contribution is 7.80. The van der Waals surface area contributed by atoms with Gasteiger partial charge in [-0.05, 0) is 67.4 Å². The summed E-state index contributed by atoms with van der Waals surface area (Å²) >= 11 is 5.49. The maximum Gasteiger partial charge on any atom is 0.232 e. The number of thiocarbonyl (C=S) groups is 1. The minimum absolute atomic E-state index is 0.244. The summed E-state index contributed by atoms with van der Waals surface area (Å²) in [5.74, 6) is 3.62. The molecule has 4 rings (SSSR count). The van der Waals surface area contributed by atoms with E-state index in [1.54, 1.807) is 12.1 Å². The van der Waals surface area contributed by atoms with Gasteiger partial charge in [-0.2, -0.15) is 9.97 Å². The first kappa shape index (κ1) is 22.7. The third-order valence-electron chi connectivity index (χ3n) is 6.38. The highest BCUT2D eigenvalue weighted by atomic mass is 32.1. The van der Waals surface area contributed by atoms with Gasteiger partial charge in [-0.15, -0.1) is 0 Å². The molecule has 0 spiro atoms. The molecule has 0 radical (unpaired) electrons. The number of hydrogen-bond donors (Lipinski definition) is 2. The van der Waals surface area contributed by atoms with Crippen molar-refractivity contribution in [3.05, 3.63) is 41.7 Å². The van der Waals surface area contributed by atoms with Crippen molar-refractivity contribution < 1.29 is 4.39 Å². The van der Waals surface area contributed by atoms with E-state index in [0.29, 0.717) is 23.5 Å². The molecule has 2 fully saturated rings. The highest BCUT2D eigenvalue weighted by Gasteiger charge is 2.22. The predicted octanol–water partition coefficient (Wildman–Crippen LogP) is 4.57. The SMILES string of the molecule is CC1CCN(c2cc(N3CCC[C@@H](C)C3)nc(NC(=S)NCc3ccc(F)cc3)n2)CC1. The molecule has 2 saturated heterocycles. The Morgan fingerprint density at radius 2 is 1.69 bits per heavy atom. The number of piperidine rings is 2. The highest BCUT2D eigenvalue weighted by Crippen LogP contribution is 2.28. The van der Waals surface area contributed by atoms with Gasteiger partial charge in [-0.25, -0.2) is 4.39 Å². The van der Waals surface area contributed by atoms with E-state index >= 15 is 0 Å². The van der Waals surface area contributed by atoms with Crippen molar-refractivity contribution in [2.45, 2.75) is 46.1 Å². The fraction of sp³-hybridized carbons (Fsp3) is 0.542. The Morgan fingerprint density at radius 3 is 2.38 bits per heavy atom. The molecule has 6 nitrogen and oxygen atoms in total. The Bertz CT molecular complexity index is 913. The zero-order chi connectivity index (χ0) is 22.5. The van der Waals surface area contributed by atoms with Crippen LogP contribution in [0.5, 0.6) is 0 Å². The molecular weight excluding hydrogens is 423 g/mol. The van der Waals surface area contributed by atoms with Gasteiger partial charge in [0.1, 0.15) is 17.5 Å². The van der Waals surface area contributed by atoms with Crippen molar-refractivity contribution >= 4 is 34.9 Å². The Kier molecular flexibility index (Phi) is 7.40. The number of anilines is 3. The molecule has 32 heavy (non-hydrogen) atoms. The van der Waals surface area contributed by atoms with E-state index in [0.717, 1.165) is 49.3 Å². The predicted molar refractivity (Wildman–Crippen MR) is 133 cm³/mol. The first-order valence-corrected chi connectivity index (χ1v) is 12.1. The topological polar surface area (TPSA) is 56.3 Å². The van der Waals surface area contributed by atoms with Crippen molar-refractivity contribution in [2.75, 3.05) is 41.3 Å². The zero-order valence-electron chi connectivity index (χ0n) is 19.0. The lowest BCUT2D eigenvalue weighted by Crippen LogP contribution is -2.37. The van der Waals surface area contributed by atoms with Crippen molar-refractivity contribution in [1.29, 1.82) is 0 Å². The van der Waals surface area contributed by atoms with Crippen LogP contribution in [-0.2, 0) is 6.54 Å². The van der Waals surface area contributed by atoms with Crippen molar-refractivity contribution in [3.8, 4) is 0 Å². The van der Waals surface area contributed by atoms with Crippen LogP contribution in [0.25, 0.3) is 0 Å². The first-order chi connectivity index (χ1) is 15.5. The molecule has 3 heterocycles. The van der Waals surface area contributed by atoms with Gasteiger partial charge in [0.15, 0.2) is 5.11 Å². The van der Waals surface area contributed by atoms with Crippen molar-refractivity contribution in [1.82, 2.24) is 15.3 Å². The molecule has 2 aromatic rings. The standard InChI is InChI=1S/C24H33FN6S/c1-17-9-12-30(13-10-17)21-14-22(31-11-3-4-18(2)16-31)28-23(27-21)29-24(32)26-15-19-5-7-20(25)8-6-19/h5-8,14,17-18H,3-4,9-13,15-16H2,1-2H3,(H2,26,27,28,29,32)/t18-/m1/s1. The lowest BCUT2D eigenvalue weighted by atomic mass is 9.99. The van der Waals surface area contributed by atoms with E-state index in [1.807, 2.05) is 0 Å². The lowest BCUT2D eigenvalue weighted by molar-refractivity contribution is 0.435. The molecule has 0 bridgehead atoms. The van der Waals surface area contributed by atoms with E-state index in [-0.39, 0.29) is 5.82 Å². The van der Waals surface area contributed by atoms with Crippen LogP contribution in [0, 0.1) is 17.7 Å². The van der Waals surface area contributed by atoms with Gasteiger partial charge in [-0.3, -0.25) is 0 Å². The van der Waals surface area contributed by atoms with Crippen LogP contribution in [0.15, 0.2) is 30.3 Å². The first-order valence-electron chi connectivity index (χ1n) is 11.6. The molecule has 0 aliphatic carbocycles. The van der Waals surface area contributed by atoms with E-state index in [2.05, 4.69) is 40.3 Å². The largest absolute Gasteiger partial charge is 0.358 e. The minimum atomic E-state index is -0.244. The van der Waals surface area contributed by atoms with Crippen molar-refractivity contribution in [3.63, 3.8) is 0 Å². The van der Waals surface area contributed by atoms with Crippen LogP contribution < -0.4 is 20.4 Å². The number of rotatable bonds is 5. The third kappa shape index (κ3) is 6.06. The smallest absolute Gasteiger partial charge is 0.232 e. The van der Waals surface area contributed by atoms with Crippen LogP contribution in [0.2, 0.25) is 0 Å². The molecule has 8 heteroatoms. The van der Waals surface area contributed by atoms with Crippen molar-refractivity contribution in [2.24, 2.45) is 11.8 Å². The summed E-state index contributed by atoms with van der Waals surface area (Å²) in [4.78, 5) is 14.3. The van der Waals surface area contributed by atoms with Gasteiger partial charge in [-0.1, -0.05) is 26.0 Å². The Morgan fingerprint density at radius 1 is 1.00 bits per heavy atom. The summed E-state index contributed by atoms with van der Waals surface area (Å²) in [5, 5.41) is 6.80. The molecule has 2 aliphatic heterocycles. The molecule has 0 amide bonds. The normalized spacial score (nSPS) is 19.7. The van der Waals surface area contributed by atoms with E-state index < -0.39 is 0 Å². The second-order valence-corrected chi connectivity index (χ2v) is 9.61. The minimum Gasteiger partial charge on any atom is -0.358 e. The number of halogens is 1. The number of benzene rings is 1. The Hall–Kier alpha value is -2.48. The summed E-state index contributed by atoms with van der Waals surface area (Å²) in [6.07, 6.45) is 4.81. The van der Waals surface area contributed by atoms with E-state index in [9.17, 15) is 4.39 Å². The summed E-state index contributed by atoms with van der Waals surface area (Å²) in [6, 6.07) is 8.52. The molecular formula is C24H33FN6S. The molecule has 1 aromatic heterocycles. The quantitative estimate of drug-likeness (QED) is 0.639. The van der Waals surface area contributed by atoms with Gasteiger partial charge in [0.05, 0.1) is 0 Å². The maximum absolute atomic E-state index is 13.1. The maximum atomic E-state index is 13.1. The van der Waals surface area contributed by atoms with Gasteiger partial charge in [0.25, 0.3) is 0 Å². The summed E-state index contributed by atoms with van der Waals surface area (Å²) in [6.45, 7) is 9.18. The van der Waals surface area contributed by atoms with Crippen LogP contribution in [0.4, 0.5) is 22.0 Å². The van der Waals surface area contributed by atoms with Gasteiger partial charge < -0.3 is 20.4 Å². The van der Waals surface area contributed by atoms with Crippen LogP contribution in [0.3, 0.4) is 0 Å². The second kappa shape index (κ2) is 10.4. The molecule has 2 N–H and O–H groups in total. The molecule has 1 atom stereocenters. The summed E-state index contributed by atoms with van der Waals surface area (Å²) in [5.41, 5.74) is 0.954. The van der Waals surface area contributed by atoms with Gasteiger partial charge in [0, 0.05) is 38.8 Å². The van der Waals surface area contributed by atoms with E-state index in [1.165, 1.54) is 37.8 Å². The molecule has 0 saturated carbocycles. The zero-order valence-corrected chi connectivity index (χ0v) is 19.8. The Labute approximate surface area is 195 Å². The fourth-order valence-corrected chi connectivity index (χ4v) is 4.53. The second-order valence-electron chi connectivity index (χ2n) is 9.21. The van der Waals surface area contributed by atoms with Gasteiger partial charge >= 0.3 is 0 Å². The number of nitrogens with one attached hydrogen (secondary N) is 2. The van der Waals surface area contributed by atoms with Crippen LogP contribution in [0.1, 0.15) is 45.1 Å². The monoisotopic (exact) mass is 456 g/mol. The van der Waals surface area contributed by atoms with E-state index in [4.69, 9.17) is 22.2 Å². The lowest BCUT2D eigenvalue weighted by Gasteiger charge is -2.34. The molecule has 0 unspecified atom stereocenters. The average molecular weight is 457 g/mol. The van der Waals surface area contributed by atoms with Gasteiger partial charge in [0.2, 0.25) is 5.95 Å². The molecule has 1 aromatic carbocycles. The number of hydrogen-bond acceptors (Lipinski definition) is 5. The third-order valence-corrected chi connectivity index (χ3v) is 6.63. The molecule has 172 valence electrons. The molecule has 2 aliphatic rings. The van der Waals surface area contributed by atoms with Crippen LogP contribution >= 0.6 is 12.2 Å². The number of nitrogens with zero attached hydrogens (tertiary/aromatic N) is 4. The number of aromatic nitrogens is 2. The fourth-order valence-electron chi connectivity index (χ4n) is 4.37. The summed E-state index contributed by atoms with van der Waals surface area (Å²) < 4.78 is 13.1. The average Bonchev–Trinajstić information content (AvgIpc) is 2.79. The Balaban J connectivity index is 1.48. The van der Waals surface area contributed by atoms with Crippen LogP contribution in [-0.4, -0.2) is 41.3 Å².